The molecule has 1 heterocycles. The van der Waals surface area contributed by atoms with Crippen molar-refractivity contribution in [1.29, 1.82) is 5.26 Å². The quantitative estimate of drug-likeness (QED) is 0.927. The summed E-state index contributed by atoms with van der Waals surface area (Å²) in [6, 6.07) is 12.0. The van der Waals surface area contributed by atoms with E-state index in [-0.39, 0.29) is 5.91 Å². The van der Waals surface area contributed by atoms with Crippen LogP contribution in [-0.2, 0) is 0 Å². The monoisotopic (exact) mass is 301 g/mol. The summed E-state index contributed by atoms with van der Waals surface area (Å²) in [4.78, 5) is 15.8. The van der Waals surface area contributed by atoms with Gasteiger partial charge in [0, 0.05) is 16.4 Å². The van der Waals surface area contributed by atoms with Gasteiger partial charge in [-0.15, -0.1) is 0 Å². The van der Waals surface area contributed by atoms with Crippen LogP contribution in [0.25, 0.3) is 0 Å². The predicted molar refractivity (Wildman–Crippen MR) is 71.0 cm³/mol. The van der Waals surface area contributed by atoms with E-state index in [1.807, 2.05) is 6.07 Å². The molecule has 0 fully saturated rings. The number of hydrogen-bond donors (Lipinski definition) is 1. The van der Waals surface area contributed by atoms with Crippen molar-refractivity contribution in [3.8, 4) is 6.07 Å². The van der Waals surface area contributed by atoms with Gasteiger partial charge in [0.1, 0.15) is 5.69 Å². The smallest absolute Gasteiger partial charge is 0.274 e. The zero-order valence-electron chi connectivity index (χ0n) is 9.22. The van der Waals surface area contributed by atoms with Gasteiger partial charge in [-0.1, -0.05) is 0 Å². The fourth-order valence-corrected chi connectivity index (χ4v) is 1.57. The fraction of sp³-hybridized carbons (Fsp3) is 0. The first-order valence-corrected chi connectivity index (χ1v) is 5.91. The SMILES string of the molecule is N#Cc1ccc(NC(=O)c2ccc(Br)cn2)cc1. The van der Waals surface area contributed by atoms with Crippen molar-refractivity contribution < 1.29 is 4.79 Å². The van der Waals surface area contributed by atoms with Gasteiger partial charge in [0.2, 0.25) is 0 Å². The van der Waals surface area contributed by atoms with Crippen molar-refractivity contribution in [2.75, 3.05) is 5.32 Å². The fourth-order valence-electron chi connectivity index (χ4n) is 1.33. The van der Waals surface area contributed by atoms with Crippen LogP contribution in [0.3, 0.4) is 0 Å². The molecule has 0 aliphatic heterocycles. The molecule has 4 nitrogen and oxygen atoms in total. The number of carbonyl (C=O) groups excluding carboxylic acids is 1. The lowest BCUT2D eigenvalue weighted by Crippen LogP contribution is -2.13. The standard InChI is InChI=1S/C13H8BrN3O/c14-10-3-6-12(16-8-10)13(18)17-11-4-1-9(7-15)2-5-11/h1-6,8H,(H,17,18). The Hall–Kier alpha value is -2.19. The summed E-state index contributed by atoms with van der Waals surface area (Å²) in [6.45, 7) is 0. The van der Waals surface area contributed by atoms with Gasteiger partial charge < -0.3 is 5.32 Å². The van der Waals surface area contributed by atoms with Crippen molar-refractivity contribution >= 4 is 27.5 Å². The maximum Gasteiger partial charge on any atom is 0.274 e. The van der Waals surface area contributed by atoms with Crippen molar-refractivity contribution in [2.24, 2.45) is 0 Å². The van der Waals surface area contributed by atoms with Gasteiger partial charge in [-0.3, -0.25) is 4.79 Å². The summed E-state index contributed by atoms with van der Waals surface area (Å²) in [5.41, 5.74) is 1.51. The van der Waals surface area contributed by atoms with Crippen molar-refractivity contribution in [2.45, 2.75) is 0 Å². The van der Waals surface area contributed by atoms with E-state index in [9.17, 15) is 4.79 Å². The van der Waals surface area contributed by atoms with Crippen LogP contribution in [0.5, 0.6) is 0 Å². The highest BCUT2D eigenvalue weighted by Gasteiger charge is 2.07. The maximum atomic E-state index is 11.8. The lowest BCUT2D eigenvalue weighted by atomic mass is 10.2. The molecule has 0 bridgehead atoms. The highest BCUT2D eigenvalue weighted by atomic mass is 79.9. The van der Waals surface area contributed by atoms with Crippen LogP contribution < -0.4 is 5.32 Å². The first-order chi connectivity index (χ1) is 8.69. The van der Waals surface area contributed by atoms with Crippen molar-refractivity contribution in [3.63, 3.8) is 0 Å². The summed E-state index contributed by atoms with van der Waals surface area (Å²) in [6.07, 6.45) is 1.56. The first-order valence-electron chi connectivity index (χ1n) is 5.12. The highest BCUT2D eigenvalue weighted by molar-refractivity contribution is 9.10. The number of halogens is 1. The summed E-state index contributed by atoms with van der Waals surface area (Å²) in [7, 11) is 0. The number of nitrogens with one attached hydrogen (secondary N) is 1. The lowest BCUT2D eigenvalue weighted by Gasteiger charge is -2.04. The number of nitrogens with zero attached hydrogens (tertiary/aromatic N) is 2. The Balaban J connectivity index is 2.11. The summed E-state index contributed by atoms with van der Waals surface area (Å²) >= 11 is 3.25. The van der Waals surface area contributed by atoms with Crippen LogP contribution in [0.2, 0.25) is 0 Å². The molecule has 0 saturated heterocycles. The van der Waals surface area contributed by atoms with Crippen LogP contribution in [0.15, 0.2) is 47.1 Å². The molecule has 1 aromatic heterocycles. The Bertz CT molecular complexity index is 600. The van der Waals surface area contributed by atoms with Gasteiger partial charge in [-0.25, -0.2) is 4.98 Å². The highest BCUT2D eigenvalue weighted by Crippen LogP contribution is 2.11. The third-order valence-electron chi connectivity index (χ3n) is 2.23. The molecule has 1 aromatic carbocycles. The maximum absolute atomic E-state index is 11.8. The third-order valence-corrected chi connectivity index (χ3v) is 2.70. The molecule has 0 radical (unpaired) electrons. The minimum atomic E-state index is -0.285. The average Bonchev–Trinajstić information content (AvgIpc) is 2.40. The zero-order valence-corrected chi connectivity index (χ0v) is 10.8. The molecule has 5 heteroatoms. The zero-order chi connectivity index (χ0) is 13.0. The van der Waals surface area contributed by atoms with E-state index < -0.39 is 0 Å². The minimum absolute atomic E-state index is 0.285. The molecule has 0 saturated carbocycles. The molecule has 2 rings (SSSR count). The van der Waals surface area contributed by atoms with E-state index in [1.165, 1.54) is 0 Å². The number of benzene rings is 1. The molecule has 18 heavy (non-hydrogen) atoms. The number of aromatic nitrogens is 1. The van der Waals surface area contributed by atoms with Crippen LogP contribution in [-0.4, -0.2) is 10.9 Å². The van der Waals surface area contributed by atoms with Crippen LogP contribution >= 0.6 is 15.9 Å². The van der Waals surface area contributed by atoms with Crippen LogP contribution in [0.4, 0.5) is 5.69 Å². The first kappa shape index (κ1) is 12.3. The number of carbonyl (C=O) groups is 1. The molecular formula is C13H8BrN3O. The van der Waals surface area contributed by atoms with Gasteiger partial charge in [0.15, 0.2) is 0 Å². The minimum Gasteiger partial charge on any atom is -0.321 e. The van der Waals surface area contributed by atoms with E-state index in [2.05, 4.69) is 26.2 Å². The van der Waals surface area contributed by atoms with Gasteiger partial charge in [0.25, 0.3) is 5.91 Å². The second-order valence-electron chi connectivity index (χ2n) is 3.50. The summed E-state index contributed by atoms with van der Waals surface area (Å²) < 4.78 is 0.817. The number of pyridine rings is 1. The molecule has 88 valence electrons. The number of amides is 1. The molecule has 0 spiro atoms. The third kappa shape index (κ3) is 2.93. The molecule has 0 aliphatic carbocycles. The molecule has 0 aliphatic rings. The lowest BCUT2D eigenvalue weighted by molar-refractivity contribution is 0.102. The molecule has 2 aromatic rings. The molecule has 0 atom stereocenters. The van der Waals surface area contributed by atoms with Crippen LogP contribution in [0.1, 0.15) is 16.1 Å². The van der Waals surface area contributed by atoms with E-state index in [4.69, 9.17) is 5.26 Å². The predicted octanol–water partition coefficient (Wildman–Crippen LogP) is 2.97. The average molecular weight is 302 g/mol. The van der Waals surface area contributed by atoms with Crippen molar-refractivity contribution in [3.05, 3.63) is 58.3 Å². The second kappa shape index (κ2) is 5.43. The van der Waals surface area contributed by atoms with Gasteiger partial charge in [0.05, 0.1) is 11.6 Å². The number of rotatable bonds is 2. The Labute approximate surface area is 112 Å². The number of hydrogen-bond acceptors (Lipinski definition) is 3. The second-order valence-corrected chi connectivity index (χ2v) is 4.42. The van der Waals surface area contributed by atoms with E-state index in [0.717, 1.165) is 4.47 Å². The molecule has 0 unspecified atom stereocenters. The molecule has 1 N–H and O–H groups in total. The van der Waals surface area contributed by atoms with Gasteiger partial charge in [-0.05, 0) is 52.3 Å². The summed E-state index contributed by atoms with van der Waals surface area (Å²) in [5.74, 6) is -0.285. The number of nitriles is 1. The Morgan fingerprint density at radius 2 is 1.94 bits per heavy atom. The topological polar surface area (TPSA) is 65.8 Å². The van der Waals surface area contributed by atoms with E-state index in [1.54, 1.807) is 42.6 Å². The molecular weight excluding hydrogens is 294 g/mol. The summed E-state index contributed by atoms with van der Waals surface area (Å²) in [5, 5.41) is 11.4. The van der Waals surface area contributed by atoms with E-state index in [0.29, 0.717) is 16.9 Å². The Morgan fingerprint density at radius 1 is 1.22 bits per heavy atom. The normalized spacial score (nSPS) is 9.56. The number of anilines is 1. The largest absolute Gasteiger partial charge is 0.321 e. The van der Waals surface area contributed by atoms with Crippen LogP contribution in [0, 0.1) is 11.3 Å². The Morgan fingerprint density at radius 3 is 2.50 bits per heavy atom. The van der Waals surface area contributed by atoms with Gasteiger partial charge in [-0.2, -0.15) is 5.26 Å². The van der Waals surface area contributed by atoms with E-state index >= 15 is 0 Å². The molecule has 1 amide bonds. The van der Waals surface area contributed by atoms with Gasteiger partial charge >= 0.3 is 0 Å². The Kier molecular flexibility index (Phi) is 3.70. The van der Waals surface area contributed by atoms with Crippen molar-refractivity contribution in [1.82, 2.24) is 4.98 Å².